The van der Waals surface area contributed by atoms with Crippen molar-refractivity contribution >= 4 is 35.4 Å². The van der Waals surface area contributed by atoms with Crippen molar-refractivity contribution < 1.29 is 9.90 Å². The third kappa shape index (κ3) is 2.32. The average molecular weight is 257 g/mol. The molecule has 0 saturated carbocycles. The number of hydrogen-bond acceptors (Lipinski definition) is 4. The van der Waals surface area contributed by atoms with Crippen LogP contribution in [0.1, 0.15) is 10.5 Å². The summed E-state index contributed by atoms with van der Waals surface area (Å²) in [6, 6.07) is 7.25. The van der Waals surface area contributed by atoms with E-state index in [1.54, 1.807) is 6.07 Å². The van der Waals surface area contributed by atoms with Gasteiger partial charge >= 0.3 is 5.97 Å². The summed E-state index contributed by atoms with van der Waals surface area (Å²) >= 11 is 1.27. The van der Waals surface area contributed by atoms with Gasteiger partial charge in [0.15, 0.2) is 5.69 Å². The summed E-state index contributed by atoms with van der Waals surface area (Å²) < 4.78 is 0. The Morgan fingerprint density at radius 3 is 2.62 bits per heavy atom. The van der Waals surface area contributed by atoms with E-state index in [1.165, 1.54) is 16.7 Å². The Labute approximate surface area is 102 Å². The molecular weight excluding hydrogens is 248 g/mol. The highest BCUT2D eigenvalue weighted by atomic mass is 35.5. The van der Waals surface area contributed by atoms with E-state index in [9.17, 15) is 4.79 Å². The molecule has 1 heterocycles. The van der Waals surface area contributed by atoms with E-state index < -0.39 is 5.97 Å². The molecule has 0 saturated heterocycles. The first-order valence-corrected chi connectivity index (χ1v) is 5.10. The fraction of sp³-hybridized carbons (Fsp3) is 0. The first kappa shape index (κ1) is 12.5. The number of nitrogens with two attached hydrogens (primary N) is 1. The van der Waals surface area contributed by atoms with E-state index in [4.69, 9.17) is 10.8 Å². The number of aromatic nitrogens is 1. The number of carboxylic acids is 1. The highest BCUT2D eigenvalue weighted by molar-refractivity contribution is 7.13. The third-order valence-corrected chi connectivity index (χ3v) is 2.79. The number of nitrogen functional groups attached to an aromatic ring is 1. The van der Waals surface area contributed by atoms with Gasteiger partial charge in [-0.2, -0.15) is 0 Å². The molecule has 0 radical (unpaired) electrons. The van der Waals surface area contributed by atoms with Crippen molar-refractivity contribution in [1.29, 1.82) is 0 Å². The molecule has 1 aromatic heterocycles. The van der Waals surface area contributed by atoms with Crippen LogP contribution >= 0.6 is 23.7 Å². The number of rotatable bonds is 2. The molecule has 0 aliphatic rings. The number of thiazole rings is 1. The SMILES string of the molecule is Cl.Nc1ccccc1-c1nc(C(=O)O)cs1. The number of carboxylic acid groups (broad SMARTS) is 1. The van der Waals surface area contributed by atoms with E-state index in [1.807, 2.05) is 18.2 Å². The molecule has 16 heavy (non-hydrogen) atoms. The van der Waals surface area contributed by atoms with Crippen molar-refractivity contribution in [3.05, 3.63) is 35.3 Å². The molecule has 0 unspecified atom stereocenters. The van der Waals surface area contributed by atoms with E-state index in [0.717, 1.165) is 5.56 Å². The number of aromatic carboxylic acids is 1. The number of benzene rings is 1. The van der Waals surface area contributed by atoms with Crippen LogP contribution in [0.5, 0.6) is 0 Å². The smallest absolute Gasteiger partial charge is 0.355 e. The van der Waals surface area contributed by atoms with Crippen molar-refractivity contribution in [2.45, 2.75) is 0 Å². The lowest BCUT2D eigenvalue weighted by molar-refractivity contribution is 0.0691. The van der Waals surface area contributed by atoms with E-state index in [2.05, 4.69) is 4.98 Å². The number of halogens is 1. The Morgan fingerprint density at radius 2 is 2.06 bits per heavy atom. The number of nitrogens with zero attached hydrogens (tertiary/aromatic N) is 1. The van der Waals surface area contributed by atoms with E-state index in [0.29, 0.717) is 10.7 Å². The van der Waals surface area contributed by atoms with Crippen LogP contribution in [0.15, 0.2) is 29.6 Å². The molecule has 0 bridgehead atoms. The van der Waals surface area contributed by atoms with Gasteiger partial charge in [0, 0.05) is 16.6 Å². The quantitative estimate of drug-likeness (QED) is 0.810. The van der Waals surface area contributed by atoms with Crippen LogP contribution in [0, 0.1) is 0 Å². The van der Waals surface area contributed by atoms with Crippen molar-refractivity contribution in [2.75, 3.05) is 5.73 Å². The Balaban J connectivity index is 0.00000128. The fourth-order valence-electron chi connectivity index (χ4n) is 1.19. The summed E-state index contributed by atoms with van der Waals surface area (Å²) in [4.78, 5) is 14.6. The number of anilines is 1. The maximum atomic E-state index is 10.6. The zero-order valence-electron chi connectivity index (χ0n) is 8.08. The average Bonchev–Trinajstić information content (AvgIpc) is 2.67. The van der Waals surface area contributed by atoms with Crippen molar-refractivity contribution in [1.82, 2.24) is 4.98 Å². The molecular formula is C10H9ClN2O2S. The molecule has 6 heteroatoms. The molecule has 84 valence electrons. The monoisotopic (exact) mass is 256 g/mol. The number of carbonyl (C=O) groups is 1. The lowest BCUT2D eigenvalue weighted by atomic mass is 10.2. The van der Waals surface area contributed by atoms with Crippen LogP contribution < -0.4 is 5.73 Å². The molecule has 2 aromatic rings. The van der Waals surface area contributed by atoms with Crippen molar-refractivity contribution in [3.63, 3.8) is 0 Å². The second kappa shape index (κ2) is 4.96. The van der Waals surface area contributed by atoms with Crippen LogP contribution in [-0.4, -0.2) is 16.1 Å². The van der Waals surface area contributed by atoms with Gasteiger partial charge in [-0.05, 0) is 12.1 Å². The lowest BCUT2D eigenvalue weighted by Gasteiger charge is -1.99. The minimum Gasteiger partial charge on any atom is -0.476 e. The maximum Gasteiger partial charge on any atom is 0.355 e. The lowest BCUT2D eigenvalue weighted by Crippen LogP contribution is -1.96. The van der Waals surface area contributed by atoms with Crippen LogP contribution in [0.3, 0.4) is 0 Å². The number of hydrogen-bond donors (Lipinski definition) is 2. The normalized spacial score (nSPS) is 9.50. The summed E-state index contributed by atoms with van der Waals surface area (Å²) in [5.41, 5.74) is 7.18. The highest BCUT2D eigenvalue weighted by Crippen LogP contribution is 2.28. The minimum atomic E-state index is -1.02. The van der Waals surface area contributed by atoms with Gasteiger partial charge < -0.3 is 10.8 Å². The van der Waals surface area contributed by atoms with Gasteiger partial charge in [0.1, 0.15) is 5.01 Å². The molecule has 1 aromatic carbocycles. The van der Waals surface area contributed by atoms with Gasteiger partial charge in [-0.1, -0.05) is 12.1 Å². The second-order valence-corrected chi connectivity index (χ2v) is 3.79. The van der Waals surface area contributed by atoms with E-state index >= 15 is 0 Å². The second-order valence-electron chi connectivity index (χ2n) is 2.93. The minimum absolute atomic E-state index is 0. The van der Waals surface area contributed by atoms with Crippen LogP contribution in [-0.2, 0) is 0 Å². The Kier molecular flexibility index (Phi) is 3.87. The first-order valence-electron chi connectivity index (χ1n) is 4.22. The molecule has 0 fully saturated rings. The predicted octanol–water partition coefficient (Wildman–Crippen LogP) is 2.51. The van der Waals surface area contributed by atoms with Gasteiger partial charge in [-0.25, -0.2) is 9.78 Å². The zero-order chi connectivity index (χ0) is 10.8. The Morgan fingerprint density at radius 1 is 1.38 bits per heavy atom. The van der Waals surface area contributed by atoms with E-state index in [-0.39, 0.29) is 18.1 Å². The first-order chi connectivity index (χ1) is 7.18. The molecule has 0 spiro atoms. The van der Waals surface area contributed by atoms with Gasteiger partial charge in [-0.3, -0.25) is 0 Å². The topological polar surface area (TPSA) is 76.2 Å². The summed E-state index contributed by atoms with van der Waals surface area (Å²) in [5, 5.41) is 10.9. The summed E-state index contributed by atoms with van der Waals surface area (Å²) in [7, 11) is 0. The van der Waals surface area contributed by atoms with Gasteiger partial charge in [-0.15, -0.1) is 23.7 Å². The maximum absolute atomic E-state index is 10.6. The van der Waals surface area contributed by atoms with Crippen molar-refractivity contribution in [2.24, 2.45) is 0 Å². The van der Waals surface area contributed by atoms with Crippen LogP contribution in [0.4, 0.5) is 5.69 Å². The summed E-state index contributed by atoms with van der Waals surface area (Å²) in [6.07, 6.45) is 0. The van der Waals surface area contributed by atoms with Crippen LogP contribution in [0.25, 0.3) is 10.6 Å². The van der Waals surface area contributed by atoms with Gasteiger partial charge in [0.25, 0.3) is 0 Å². The van der Waals surface area contributed by atoms with Gasteiger partial charge in [0.2, 0.25) is 0 Å². The van der Waals surface area contributed by atoms with Crippen molar-refractivity contribution in [3.8, 4) is 10.6 Å². The largest absolute Gasteiger partial charge is 0.476 e. The molecule has 2 rings (SSSR count). The standard InChI is InChI=1S/C10H8N2O2S.ClH/c11-7-4-2-1-3-6(7)9-12-8(5-15-9)10(13)14;/h1-5H,11H2,(H,13,14);1H. The highest BCUT2D eigenvalue weighted by Gasteiger charge is 2.11. The summed E-state index contributed by atoms with van der Waals surface area (Å²) in [5.74, 6) is -1.02. The third-order valence-electron chi connectivity index (χ3n) is 1.91. The molecule has 0 aliphatic carbocycles. The number of para-hydroxylation sites is 1. The Bertz CT molecular complexity index is 513. The van der Waals surface area contributed by atoms with Gasteiger partial charge in [0.05, 0.1) is 0 Å². The zero-order valence-corrected chi connectivity index (χ0v) is 9.72. The summed E-state index contributed by atoms with van der Waals surface area (Å²) in [6.45, 7) is 0. The molecule has 0 amide bonds. The molecule has 0 atom stereocenters. The molecule has 3 N–H and O–H groups in total. The fourth-order valence-corrected chi connectivity index (χ4v) is 2.03. The molecule has 4 nitrogen and oxygen atoms in total. The molecule has 0 aliphatic heterocycles. The Hall–Kier alpha value is -1.59. The van der Waals surface area contributed by atoms with Crippen LogP contribution in [0.2, 0.25) is 0 Å². The predicted molar refractivity (Wildman–Crippen MR) is 66.2 cm³/mol.